The summed E-state index contributed by atoms with van der Waals surface area (Å²) in [6.45, 7) is 1.92. The van der Waals surface area contributed by atoms with Gasteiger partial charge in [0.15, 0.2) is 11.5 Å². The van der Waals surface area contributed by atoms with Crippen molar-refractivity contribution in [3.8, 4) is 11.5 Å². The summed E-state index contributed by atoms with van der Waals surface area (Å²) >= 11 is 0. The number of aromatic nitrogens is 2. The van der Waals surface area contributed by atoms with Gasteiger partial charge in [0.1, 0.15) is 5.82 Å². The molecule has 1 atom stereocenters. The molecular formula is C19H21N3O3. The Bertz CT molecular complexity index is 917. The summed E-state index contributed by atoms with van der Waals surface area (Å²) < 4.78 is 12.4. The van der Waals surface area contributed by atoms with E-state index in [1.165, 1.54) is 0 Å². The van der Waals surface area contributed by atoms with Crippen LogP contribution in [0.3, 0.4) is 0 Å². The predicted octanol–water partition coefficient (Wildman–Crippen LogP) is 3.08. The van der Waals surface area contributed by atoms with Gasteiger partial charge in [0.25, 0.3) is 5.91 Å². The quantitative estimate of drug-likeness (QED) is 0.776. The first-order valence-corrected chi connectivity index (χ1v) is 7.99. The van der Waals surface area contributed by atoms with Crippen molar-refractivity contribution in [2.24, 2.45) is 7.05 Å². The van der Waals surface area contributed by atoms with Crippen molar-refractivity contribution < 1.29 is 14.3 Å². The predicted molar refractivity (Wildman–Crippen MR) is 96.1 cm³/mol. The zero-order chi connectivity index (χ0) is 18.0. The molecule has 0 fully saturated rings. The Morgan fingerprint density at radius 2 is 1.84 bits per heavy atom. The van der Waals surface area contributed by atoms with Gasteiger partial charge in [0.05, 0.1) is 31.3 Å². The number of carbonyl (C=O) groups excluding carboxylic acids is 1. The zero-order valence-electron chi connectivity index (χ0n) is 14.7. The highest BCUT2D eigenvalue weighted by Gasteiger charge is 2.18. The molecule has 0 bridgehead atoms. The molecule has 6 heteroatoms. The smallest absolute Gasteiger partial charge is 0.251 e. The lowest BCUT2D eigenvalue weighted by atomic mass is 10.1. The lowest BCUT2D eigenvalue weighted by Crippen LogP contribution is -2.28. The Kier molecular flexibility index (Phi) is 4.61. The van der Waals surface area contributed by atoms with Gasteiger partial charge in [-0.25, -0.2) is 4.98 Å². The lowest BCUT2D eigenvalue weighted by Gasteiger charge is -2.15. The van der Waals surface area contributed by atoms with E-state index in [0.29, 0.717) is 17.1 Å². The fourth-order valence-electron chi connectivity index (χ4n) is 2.87. The van der Waals surface area contributed by atoms with Crippen LogP contribution in [0.2, 0.25) is 0 Å². The second-order valence-electron chi connectivity index (χ2n) is 5.78. The van der Waals surface area contributed by atoms with Gasteiger partial charge < -0.3 is 19.4 Å². The van der Waals surface area contributed by atoms with Crippen LogP contribution in [0.15, 0.2) is 42.5 Å². The Morgan fingerprint density at radius 3 is 2.52 bits per heavy atom. The molecule has 1 aromatic heterocycles. The second-order valence-corrected chi connectivity index (χ2v) is 5.78. The molecule has 1 N–H and O–H groups in total. The summed E-state index contributed by atoms with van der Waals surface area (Å²) in [5.74, 6) is 1.71. The first-order valence-electron chi connectivity index (χ1n) is 7.99. The van der Waals surface area contributed by atoms with Crippen molar-refractivity contribution >= 4 is 16.9 Å². The third kappa shape index (κ3) is 3.15. The number of benzene rings is 2. The van der Waals surface area contributed by atoms with Crippen LogP contribution in [-0.4, -0.2) is 29.7 Å². The van der Waals surface area contributed by atoms with E-state index in [4.69, 9.17) is 9.47 Å². The molecule has 25 heavy (non-hydrogen) atoms. The normalized spacial score (nSPS) is 12.0. The molecule has 6 nitrogen and oxygen atoms in total. The van der Waals surface area contributed by atoms with Gasteiger partial charge in [-0.15, -0.1) is 0 Å². The van der Waals surface area contributed by atoms with Crippen LogP contribution in [0.5, 0.6) is 11.5 Å². The molecule has 0 spiro atoms. The first kappa shape index (κ1) is 16.8. The minimum absolute atomic E-state index is 0.194. The summed E-state index contributed by atoms with van der Waals surface area (Å²) in [6.07, 6.45) is 0. The van der Waals surface area contributed by atoms with E-state index < -0.39 is 0 Å². The molecule has 0 saturated heterocycles. The molecule has 0 aliphatic heterocycles. The van der Waals surface area contributed by atoms with E-state index in [1.54, 1.807) is 32.4 Å². The number of imidazole rings is 1. The number of ether oxygens (including phenoxy) is 2. The Morgan fingerprint density at radius 1 is 1.12 bits per heavy atom. The molecule has 3 rings (SSSR count). The monoisotopic (exact) mass is 339 g/mol. The van der Waals surface area contributed by atoms with Gasteiger partial charge in [-0.3, -0.25) is 4.79 Å². The van der Waals surface area contributed by atoms with Gasteiger partial charge in [-0.05, 0) is 37.3 Å². The first-order chi connectivity index (χ1) is 12.0. The molecule has 0 aliphatic carbocycles. The molecule has 0 unspecified atom stereocenters. The van der Waals surface area contributed by atoms with Gasteiger partial charge in [0.2, 0.25) is 0 Å². The lowest BCUT2D eigenvalue weighted by molar-refractivity contribution is 0.0937. The van der Waals surface area contributed by atoms with Crippen LogP contribution >= 0.6 is 0 Å². The highest BCUT2D eigenvalue weighted by molar-refractivity contribution is 5.95. The molecule has 130 valence electrons. The zero-order valence-corrected chi connectivity index (χ0v) is 14.7. The topological polar surface area (TPSA) is 65.4 Å². The number of fused-ring (bicyclic) bond motifs is 1. The van der Waals surface area contributed by atoms with Crippen molar-refractivity contribution in [3.63, 3.8) is 0 Å². The van der Waals surface area contributed by atoms with E-state index in [9.17, 15) is 4.79 Å². The number of rotatable bonds is 5. The average molecular weight is 339 g/mol. The number of para-hydroxylation sites is 2. The second kappa shape index (κ2) is 6.84. The maximum Gasteiger partial charge on any atom is 0.251 e. The molecule has 2 aromatic carbocycles. The standard InChI is InChI=1S/C19H21N3O3/c1-12(18-21-14-7-5-6-8-15(14)22(18)2)20-19(23)13-9-10-16(24-3)17(11-13)25-4/h5-12H,1-4H3,(H,20,23)/t12-/m0/s1. The molecule has 0 saturated carbocycles. The molecule has 1 amide bonds. The van der Waals surface area contributed by atoms with Crippen molar-refractivity contribution in [3.05, 3.63) is 53.9 Å². The molecule has 3 aromatic rings. The minimum atomic E-state index is -0.238. The SMILES string of the molecule is COc1ccc(C(=O)N[C@@H](C)c2nc3ccccc3n2C)cc1OC. The van der Waals surface area contributed by atoms with Gasteiger partial charge in [0, 0.05) is 12.6 Å². The van der Waals surface area contributed by atoms with Crippen LogP contribution in [0.1, 0.15) is 29.1 Å². The van der Waals surface area contributed by atoms with Crippen molar-refractivity contribution in [2.75, 3.05) is 14.2 Å². The van der Waals surface area contributed by atoms with E-state index in [0.717, 1.165) is 16.9 Å². The third-order valence-electron chi connectivity index (χ3n) is 4.20. The number of amides is 1. The average Bonchev–Trinajstić information content (AvgIpc) is 2.98. The number of hydrogen-bond donors (Lipinski definition) is 1. The summed E-state index contributed by atoms with van der Waals surface area (Å²) in [5.41, 5.74) is 2.44. The van der Waals surface area contributed by atoms with Crippen LogP contribution in [0.4, 0.5) is 0 Å². The molecular weight excluding hydrogens is 318 g/mol. The van der Waals surface area contributed by atoms with Crippen LogP contribution in [-0.2, 0) is 7.05 Å². The Balaban J connectivity index is 1.83. The van der Waals surface area contributed by atoms with E-state index in [2.05, 4.69) is 10.3 Å². The molecule has 1 heterocycles. The van der Waals surface area contributed by atoms with Crippen LogP contribution in [0, 0.1) is 0 Å². The van der Waals surface area contributed by atoms with Crippen molar-refractivity contribution in [1.82, 2.24) is 14.9 Å². The van der Waals surface area contributed by atoms with Gasteiger partial charge in [-0.1, -0.05) is 12.1 Å². The summed E-state index contributed by atoms with van der Waals surface area (Å²) in [6, 6.07) is 12.7. The maximum absolute atomic E-state index is 12.6. The third-order valence-corrected chi connectivity index (χ3v) is 4.20. The highest BCUT2D eigenvalue weighted by atomic mass is 16.5. The summed E-state index contributed by atoms with van der Waals surface area (Å²) in [5, 5.41) is 2.98. The fraction of sp³-hybridized carbons (Fsp3) is 0.263. The largest absolute Gasteiger partial charge is 0.493 e. The maximum atomic E-state index is 12.6. The van der Waals surface area contributed by atoms with Gasteiger partial charge in [-0.2, -0.15) is 0 Å². The Labute approximate surface area is 146 Å². The number of methoxy groups -OCH3 is 2. The molecule has 0 radical (unpaired) electrons. The Hall–Kier alpha value is -3.02. The van der Waals surface area contributed by atoms with E-state index >= 15 is 0 Å². The van der Waals surface area contributed by atoms with Crippen molar-refractivity contribution in [1.29, 1.82) is 0 Å². The number of aryl methyl sites for hydroxylation is 1. The number of nitrogens with zero attached hydrogens (tertiary/aromatic N) is 2. The van der Waals surface area contributed by atoms with Gasteiger partial charge >= 0.3 is 0 Å². The highest BCUT2D eigenvalue weighted by Crippen LogP contribution is 2.28. The molecule has 0 aliphatic rings. The number of carbonyl (C=O) groups is 1. The number of hydrogen-bond acceptors (Lipinski definition) is 4. The summed E-state index contributed by atoms with van der Waals surface area (Å²) in [7, 11) is 5.05. The van der Waals surface area contributed by atoms with E-state index in [-0.39, 0.29) is 11.9 Å². The number of nitrogens with one attached hydrogen (secondary N) is 1. The van der Waals surface area contributed by atoms with Crippen molar-refractivity contribution in [2.45, 2.75) is 13.0 Å². The fourth-order valence-corrected chi connectivity index (χ4v) is 2.87. The summed E-state index contributed by atoms with van der Waals surface area (Å²) in [4.78, 5) is 17.2. The van der Waals surface area contributed by atoms with Crippen LogP contribution in [0.25, 0.3) is 11.0 Å². The van der Waals surface area contributed by atoms with E-state index in [1.807, 2.05) is 42.8 Å². The minimum Gasteiger partial charge on any atom is -0.493 e. The van der Waals surface area contributed by atoms with Crippen LogP contribution < -0.4 is 14.8 Å².